The molecule has 0 aliphatic rings. The minimum atomic E-state index is 0.661. The Morgan fingerprint density at radius 3 is 1.85 bits per heavy atom. The number of aromatic nitrogens is 1. The van der Waals surface area contributed by atoms with E-state index in [4.69, 9.17) is 4.74 Å². The zero-order valence-corrected chi connectivity index (χ0v) is 16.6. The van der Waals surface area contributed by atoms with Crippen LogP contribution in [0.1, 0.15) is 31.4 Å². The van der Waals surface area contributed by atoms with Crippen LogP contribution in [0, 0.1) is 19.8 Å². The van der Waals surface area contributed by atoms with E-state index < -0.39 is 0 Å². The van der Waals surface area contributed by atoms with Crippen LogP contribution in [-0.2, 0) is 0 Å². The summed E-state index contributed by atoms with van der Waals surface area (Å²) in [6.07, 6.45) is 1.08. The normalized spacial score (nSPS) is 11.6. The molecule has 0 radical (unpaired) electrons. The van der Waals surface area contributed by atoms with Crippen molar-refractivity contribution in [2.24, 2.45) is 5.92 Å². The van der Waals surface area contributed by atoms with Gasteiger partial charge in [0.05, 0.1) is 17.6 Å². The van der Waals surface area contributed by atoms with Gasteiger partial charge in [-0.05, 0) is 74.7 Å². The van der Waals surface area contributed by atoms with Crippen molar-refractivity contribution in [2.45, 2.75) is 34.1 Å². The molecule has 27 heavy (non-hydrogen) atoms. The van der Waals surface area contributed by atoms with Crippen molar-refractivity contribution in [3.8, 4) is 11.4 Å². The van der Waals surface area contributed by atoms with E-state index in [1.807, 2.05) is 0 Å². The largest absolute Gasteiger partial charge is 0.494 e. The Labute approximate surface area is 161 Å². The lowest BCUT2D eigenvalue weighted by Gasteiger charge is -2.11. The van der Waals surface area contributed by atoms with Crippen LogP contribution in [0.4, 0.5) is 0 Å². The Kier molecular flexibility index (Phi) is 4.65. The Bertz CT molecular complexity index is 1030. The predicted molar refractivity (Wildman–Crippen MR) is 115 cm³/mol. The van der Waals surface area contributed by atoms with Crippen LogP contribution in [0.25, 0.3) is 27.5 Å². The highest BCUT2D eigenvalue weighted by atomic mass is 16.5. The van der Waals surface area contributed by atoms with Gasteiger partial charge in [-0.3, -0.25) is 0 Å². The van der Waals surface area contributed by atoms with Gasteiger partial charge in [0.2, 0.25) is 0 Å². The lowest BCUT2D eigenvalue weighted by molar-refractivity contribution is 0.289. The molecule has 0 spiro atoms. The van der Waals surface area contributed by atoms with E-state index >= 15 is 0 Å². The summed E-state index contributed by atoms with van der Waals surface area (Å²) in [4.78, 5) is 0. The monoisotopic (exact) mass is 357 g/mol. The number of rotatable bonds is 5. The van der Waals surface area contributed by atoms with Gasteiger partial charge < -0.3 is 9.30 Å². The van der Waals surface area contributed by atoms with Crippen LogP contribution in [0.3, 0.4) is 0 Å². The summed E-state index contributed by atoms with van der Waals surface area (Å²) in [5.74, 6) is 1.60. The molecule has 4 rings (SSSR count). The molecule has 1 heterocycles. The molecule has 0 atom stereocenters. The predicted octanol–water partition coefficient (Wildman–Crippen LogP) is 6.83. The summed E-state index contributed by atoms with van der Waals surface area (Å²) in [6, 6.07) is 21.9. The molecule has 0 amide bonds. The van der Waals surface area contributed by atoms with E-state index in [2.05, 4.69) is 92.9 Å². The van der Waals surface area contributed by atoms with Gasteiger partial charge in [-0.2, -0.15) is 0 Å². The summed E-state index contributed by atoms with van der Waals surface area (Å²) in [5, 5.41) is 2.62. The summed E-state index contributed by atoms with van der Waals surface area (Å²) in [5.41, 5.74) is 6.23. The molecule has 0 saturated carbocycles. The van der Waals surface area contributed by atoms with Crippen molar-refractivity contribution in [2.75, 3.05) is 6.61 Å². The molecule has 0 N–H and O–H groups in total. The zero-order valence-electron chi connectivity index (χ0n) is 16.6. The number of hydrogen-bond donors (Lipinski definition) is 0. The molecule has 2 nitrogen and oxygen atoms in total. The summed E-state index contributed by atoms with van der Waals surface area (Å²) in [7, 11) is 0. The first-order valence-corrected chi connectivity index (χ1v) is 9.77. The van der Waals surface area contributed by atoms with Crippen LogP contribution in [0.5, 0.6) is 5.75 Å². The van der Waals surface area contributed by atoms with Crippen LogP contribution < -0.4 is 4.74 Å². The number of hydrogen-bond acceptors (Lipinski definition) is 1. The molecule has 3 aromatic carbocycles. The zero-order chi connectivity index (χ0) is 19.0. The second-order valence-electron chi connectivity index (χ2n) is 7.90. The lowest BCUT2D eigenvalue weighted by atomic mass is 10.1. The van der Waals surface area contributed by atoms with E-state index in [1.165, 1.54) is 38.6 Å². The number of fused-ring (bicyclic) bond motifs is 3. The topological polar surface area (TPSA) is 14.2 Å². The molecule has 0 bridgehead atoms. The number of ether oxygens (including phenoxy) is 1. The van der Waals surface area contributed by atoms with Gasteiger partial charge in [0.15, 0.2) is 0 Å². The molecular weight excluding hydrogens is 330 g/mol. The molecule has 4 aromatic rings. The Balaban J connectivity index is 1.78. The second kappa shape index (κ2) is 7.11. The fraction of sp³-hybridized carbons (Fsp3) is 0.280. The van der Waals surface area contributed by atoms with E-state index in [0.717, 1.165) is 18.8 Å². The van der Waals surface area contributed by atoms with Crippen LogP contribution in [0.2, 0.25) is 0 Å². The summed E-state index contributed by atoms with van der Waals surface area (Å²) >= 11 is 0. The first-order valence-electron chi connectivity index (χ1n) is 9.77. The molecule has 0 aliphatic carbocycles. The lowest BCUT2D eigenvalue weighted by Crippen LogP contribution is -2.01. The minimum Gasteiger partial charge on any atom is -0.494 e. The third-order valence-corrected chi connectivity index (χ3v) is 5.13. The molecule has 138 valence electrons. The van der Waals surface area contributed by atoms with E-state index in [0.29, 0.717) is 5.92 Å². The van der Waals surface area contributed by atoms with Crippen molar-refractivity contribution in [3.05, 3.63) is 71.8 Å². The average Bonchev–Trinajstić information content (AvgIpc) is 2.95. The smallest absolute Gasteiger partial charge is 0.119 e. The molecule has 0 fully saturated rings. The average molecular weight is 357 g/mol. The van der Waals surface area contributed by atoms with Crippen LogP contribution in [-0.4, -0.2) is 11.2 Å². The van der Waals surface area contributed by atoms with E-state index in [9.17, 15) is 0 Å². The fourth-order valence-corrected chi connectivity index (χ4v) is 3.63. The van der Waals surface area contributed by atoms with Gasteiger partial charge in [0.1, 0.15) is 5.75 Å². The summed E-state index contributed by atoms with van der Waals surface area (Å²) in [6.45, 7) is 9.52. The third kappa shape index (κ3) is 3.44. The SMILES string of the molecule is Cc1ccc2c(c1)c1cc(C)ccc1n2-c1ccc(OCCC(C)C)cc1. The van der Waals surface area contributed by atoms with Crippen molar-refractivity contribution in [3.63, 3.8) is 0 Å². The molecule has 0 unspecified atom stereocenters. The molecule has 0 aliphatic heterocycles. The summed E-state index contributed by atoms with van der Waals surface area (Å²) < 4.78 is 8.23. The van der Waals surface area contributed by atoms with Gasteiger partial charge in [-0.1, -0.05) is 37.1 Å². The first kappa shape index (κ1) is 17.7. The third-order valence-electron chi connectivity index (χ3n) is 5.13. The maximum Gasteiger partial charge on any atom is 0.119 e. The van der Waals surface area contributed by atoms with Gasteiger partial charge in [0.25, 0.3) is 0 Å². The molecular formula is C25H27NO. The van der Waals surface area contributed by atoms with E-state index in [1.54, 1.807) is 0 Å². The highest BCUT2D eigenvalue weighted by Crippen LogP contribution is 2.33. The van der Waals surface area contributed by atoms with Gasteiger partial charge >= 0.3 is 0 Å². The molecule has 1 aromatic heterocycles. The highest BCUT2D eigenvalue weighted by molar-refractivity contribution is 6.09. The quantitative estimate of drug-likeness (QED) is 0.382. The highest BCUT2D eigenvalue weighted by Gasteiger charge is 2.12. The van der Waals surface area contributed by atoms with Gasteiger partial charge in [-0.25, -0.2) is 0 Å². The van der Waals surface area contributed by atoms with Crippen molar-refractivity contribution < 1.29 is 4.74 Å². The van der Waals surface area contributed by atoms with Gasteiger partial charge in [0, 0.05) is 16.5 Å². The number of nitrogens with zero attached hydrogens (tertiary/aromatic N) is 1. The Morgan fingerprint density at radius 1 is 0.778 bits per heavy atom. The van der Waals surface area contributed by atoms with Gasteiger partial charge in [-0.15, -0.1) is 0 Å². The molecule has 2 heteroatoms. The second-order valence-corrected chi connectivity index (χ2v) is 7.90. The minimum absolute atomic E-state index is 0.661. The van der Waals surface area contributed by atoms with Crippen molar-refractivity contribution >= 4 is 21.8 Å². The molecule has 0 saturated heterocycles. The Morgan fingerprint density at radius 2 is 1.33 bits per heavy atom. The fourth-order valence-electron chi connectivity index (χ4n) is 3.63. The Hall–Kier alpha value is -2.74. The van der Waals surface area contributed by atoms with Crippen molar-refractivity contribution in [1.29, 1.82) is 0 Å². The van der Waals surface area contributed by atoms with Crippen LogP contribution in [0.15, 0.2) is 60.7 Å². The standard InChI is InChI=1S/C25H27NO/c1-17(2)13-14-27-21-9-7-20(8-10-21)26-24-11-5-18(3)15-22(24)23-16-19(4)6-12-25(23)26/h5-12,15-17H,13-14H2,1-4H3. The maximum absolute atomic E-state index is 5.89. The van der Waals surface area contributed by atoms with Crippen molar-refractivity contribution in [1.82, 2.24) is 4.57 Å². The number of benzene rings is 3. The number of aryl methyl sites for hydroxylation is 2. The maximum atomic E-state index is 5.89. The van der Waals surface area contributed by atoms with Crippen LogP contribution >= 0.6 is 0 Å². The first-order chi connectivity index (χ1) is 13.0. The van der Waals surface area contributed by atoms with E-state index in [-0.39, 0.29) is 0 Å².